The van der Waals surface area contributed by atoms with Gasteiger partial charge in [-0.25, -0.2) is 13.1 Å². The number of carbonyl (C=O) groups excluding carboxylic acids is 1. The zero-order chi connectivity index (χ0) is 22.6. The lowest BCUT2D eigenvalue weighted by molar-refractivity contribution is -0.115. The molecule has 1 N–H and O–H groups in total. The summed E-state index contributed by atoms with van der Waals surface area (Å²) in [5.74, 6) is -0.231. The summed E-state index contributed by atoms with van der Waals surface area (Å²) in [5, 5.41) is 14.6. The molecule has 3 heterocycles. The summed E-state index contributed by atoms with van der Waals surface area (Å²) >= 11 is 1.26. The molecule has 2 aromatic rings. The van der Waals surface area contributed by atoms with E-state index < -0.39 is 15.3 Å². The van der Waals surface area contributed by atoms with Crippen LogP contribution in [0.2, 0.25) is 0 Å². The van der Waals surface area contributed by atoms with E-state index in [0.29, 0.717) is 43.7 Å². The van der Waals surface area contributed by atoms with Gasteiger partial charge in [0.15, 0.2) is 0 Å². The summed E-state index contributed by atoms with van der Waals surface area (Å²) < 4.78 is 39.3. The van der Waals surface area contributed by atoms with Gasteiger partial charge in [0.25, 0.3) is 0 Å². The molecule has 2 aliphatic heterocycles. The topological polar surface area (TPSA) is 129 Å². The van der Waals surface area contributed by atoms with Gasteiger partial charge >= 0.3 is 0 Å². The molecule has 2 saturated heterocycles. The summed E-state index contributed by atoms with van der Waals surface area (Å²) in [5.41, 5.74) is 0.516. The van der Waals surface area contributed by atoms with E-state index in [9.17, 15) is 13.2 Å². The van der Waals surface area contributed by atoms with Crippen LogP contribution in [-0.4, -0.2) is 83.1 Å². The smallest absolute Gasteiger partial charge is 0.243 e. The van der Waals surface area contributed by atoms with Gasteiger partial charge in [-0.2, -0.15) is 4.31 Å². The molecule has 1 amide bonds. The van der Waals surface area contributed by atoms with Crippen LogP contribution in [0.4, 0.5) is 5.69 Å². The Labute approximate surface area is 190 Å². The van der Waals surface area contributed by atoms with Gasteiger partial charge in [0.05, 0.1) is 36.0 Å². The third-order valence-corrected chi connectivity index (χ3v) is 8.26. The van der Waals surface area contributed by atoms with Crippen LogP contribution in [0.1, 0.15) is 19.8 Å². The minimum atomic E-state index is -3.57. The van der Waals surface area contributed by atoms with Crippen molar-refractivity contribution in [3.63, 3.8) is 0 Å². The number of nitrogens with zero attached hydrogens (tertiary/aromatic N) is 5. The Kier molecular flexibility index (Phi) is 7.40. The second kappa shape index (κ2) is 10.3. The van der Waals surface area contributed by atoms with Crippen molar-refractivity contribution in [2.75, 3.05) is 38.2 Å². The highest BCUT2D eigenvalue weighted by Gasteiger charge is 2.26. The molecule has 0 radical (unpaired) electrons. The number of sulfonamides is 1. The van der Waals surface area contributed by atoms with Crippen LogP contribution in [0.3, 0.4) is 0 Å². The third-order valence-electron chi connectivity index (χ3n) is 5.28. The number of benzene rings is 1. The van der Waals surface area contributed by atoms with E-state index in [1.807, 2.05) is 0 Å². The molecule has 1 aromatic heterocycles. The predicted octanol–water partition coefficient (Wildman–Crippen LogP) is 0.992. The maximum Gasteiger partial charge on any atom is 0.243 e. The summed E-state index contributed by atoms with van der Waals surface area (Å²) in [7, 11) is -3.57. The molecule has 11 nitrogen and oxygen atoms in total. The van der Waals surface area contributed by atoms with Gasteiger partial charge in [0.1, 0.15) is 0 Å². The minimum Gasteiger partial charge on any atom is -0.379 e. The molecule has 0 spiro atoms. The fraction of sp³-hybridized carbons (Fsp3) is 0.579. The summed E-state index contributed by atoms with van der Waals surface area (Å²) in [6.45, 7) is 4.52. The molecule has 2 atom stereocenters. The van der Waals surface area contributed by atoms with Crippen molar-refractivity contribution in [1.29, 1.82) is 0 Å². The number of anilines is 1. The lowest BCUT2D eigenvalue weighted by Crippen LogP contribution is -2.40. The normalized spacial score (nSPS) is 20.8. The molecule has 4 rings (SSSR count). The molecule has 2 unspecified atom stereocenters. The fourth-order valence-electron chi connectivity index (χ4n) is 3.48. The molecule has 0 bridgehead atoms. The molecular formula is C19H26N6O5S2. The number of aromatic nitrogens is 4. The molecule has 174 valence electrons. The maximum atomic E-state index is 12.7. The van der Waals surface area contributed by atoms with Crippen molar-refractivity contribution >= 4 is 33.4 Å². The molecule has 2 aliphatic rings. The average Bonchev–Trinajstić information content (AvgIpc) is 3.47. The zero-order valence-electron chi connectivity index (χ0n) is 17.7. The Bertz CT molecular complexity index is 1020. The van der Waals surface area contributed by atoms with Gasteiger partial charge in [-0.1, -0.05) is 11.8 Å². The van der Waals surface area contributed by atoms with E-state index in [4.69, 9.17) is 9.47 Å². The second-order valence-electron chi connectivity index (χ2n) is 7.57. The average molecular weight is 483 g/mol. The number of hydrogen-bond donors (Lipinski definition) is 1. The van der Waals surface area contributed by atoms with Gasteiger partial charge < -0.3 is 14.8 Å². The predicted molar refractivity (Wildman–Crippen MR) is 117 cm³/mol. The number of morpholine rings is 1. The molecular weight excluding hydrogens is 456 g/mol. The first-order valence-electron chi connectivity index (χ1n) is 10.5. The van der Waals surface area contributed by atoms with E-state index in [2.05, 4.69) is 20.8 Å². The van der Waals surface area contributed by atoms with Crippen LogP contribution in [-0.2, 0) is 30.8 Å². The summed E-state index contributed by atoms with van der Waals surface area (Å²) in [6.07, 6.45) is 2.09. The van der Waals surface area contributed by atoms with Gasteiger partial charge in [0, 0.05) is 25.4 Å². The molecule has 13 heteroatoms. The monoisotopic (exact) mass is 482 g/mol. The van der Waals surface area contributed by atoms with E-state index in [0.717, 1.165) is 19.4 Å². The first kappa shape index (κ1) is 23.1. The number of nitrogens with one attached hydrogen (secondary N) is 1. The van der Waals surface area contributed by atoms with Crippen molar-refractivity contribution in [3.8, 4) is 0 Å². The number of tetrazole rings is 1. The van der Waals surface area contributed by atoms with Crippen molar-refractivity contribution in [2.45, 2.75) is 47.7 Å². The van der Waals surface area contributed by atoms with Crippen molar-refractivity contribution in [1.82, 2.24) is 24.5 Å². The second-order valence-corrected chi connectivity index (χ2v) is 10.8. The largest absolute Gasteiger partial charge is 0.379 e. The summed E-state index contributed by atoms with van der Waals surface area (Å²) in [4.78, 5) is 12.8. The molecule has 2 fully saturated rings. The van der Waals surface area contributed by atoms with E-state index in [1.54, 1.807) is 23.7 Å². The van der Waals surface area contributed by atoms with Gasteiger partial charge in [-0.3, -0.25) is 4.79 Å². The Morgan fingerprint density at radius 3 is 2.69 bits per heavy atom. The number of amides is 1. The van der Waals surface area contributed by atoms with Crippen LogP contribution in [0.25, 0.3) is 0 Å². The highest BCUT2D eigenvalue weighted by molar-refractivity contribution is 8.00. The first-order chi connectivity index (χ1) is 15.4. The summed E-state index contributed by atoms with van der Waals surface area (Å²) in [6, 6.07) is 6.18. The van der Waals surface area contributed by atoms with Gasteiger partial charge in [-0.05, 0) is 54.5 Å². The van der Waals surface area contributed by atoms with E-state index in [-0.39, 0.29) is 16.9 Å². The van der Waals surface area contributed by atoms with Crippen LogP contribution >= 0.6 is 11.8 Å². The first-order valence-corrected chi connectivity index (χ1v) is 12.8. The third kappa shape index (κ3) is 5.46. The Balaban J connectivity index is 1.34. The fourth-order valence-corrected chi connectivity index (χ4v) is 5.68. The Hall–Kier alpha value is -2.06. The quantitative estimate of drug-likeness (QED) is 0.548. The van der Waals surface area contributed by atoms with Crippen LogP contribution in [0, 0.1) is 0 Å². The number of rotatable bonds is 8. The SMILES string of the molecule is CC(Sc1nnnn1CC1CCCO1)C(=O)Nc1ccc(S(=O)(=O)N2CCOCC2)cc1. The number of ether oxygens (including phenoxy) is 2. The minimum absolute atomic E-state index is 0.0919. The van der Waals surface area contributed by atoms with Crippen molar-refractivity contribution in [3.05, 3.63) is 24.3 Å². The molecule has 0 aliphatic carbocycles. The molecule has 1 aromatic carbocycles. The molecule has 0 saturated carbocycles. The molecule has 32 heavy (non-hydrogen) atoms. The van der Waals surface area contributed by atoms with Crippen LogP contribution < -0.4 is 5.32 Å². The van der Waals surface area contributed by atoms with E-state index in [1.165, 1.54) is 28.2 Å². The number of hydrogen-bond acceptors (Lipinski definition) is 9. The standard InChI is InChI=1S/C19H26N6O5S2/c1-14(31-19-21-22-23-25(19)13-16-3-2-10-30-16)18(26)20-15-4-6-17(7-5-15)32(27,28)24-8-11-29-12-9-24/h4-7,14,16H,2-3,8-13H2,1H3,(H,20,26). The zero-order valence-corrected chi connectivity index (χ0v) is 19.3. The Morgan fingerprint density at radius 1 is 1.25 bits per heavy atom. The number of thioether (sulfide) groups is 1. The van der Waals surface area contributed by atoms with Crippen molar-refractivity contribution < 1.29 is 22.7 Å². The highest BCUT2D eigenvalue weighted by atomic mass is 32.2. The van der Waals surface area contributed by atoms with Crippen LogP contribution in [0.5, 0.6) is 0 Å². The van der Waals surface area contributed by atoms with Crippen LogP contribution in [0.15, 0.2) is 34.3 Å². The Morgan fingerprint density at radius 2 is 2.00 bits per heavy atom. The lowest BCUT2D eigenvalue weighted by Gasteiger charge is -2.26. The maximum absolute atomic E-state index is 12.7. The van der Waals surface area contributed by atoms with Crippen molar-refractivity contribution in [2.24, 2.45) is 0 Å². The highest BCUT2D eigenvalue weighted by Crippen LogP contribution is 2.24. The number of carbonyl (C=O) groups is 1. The van der Waals surface area contributed by atoms with Gasteiger partial charge in [-0.15, -0.1) is 5.10 Å². The lowest BCUT2D eigenvalue weighted by atomic mass is 10.2. The van der Waals surface area contributed by atoms with E-state index >= 15 is 0 Å². The van der Waals surface area contributed by atoms with Gasteiger partial charge in [0.2, 0.25) is 21.1 Å².